The van der Waals surface area contributed by atoms with Gasteiger partial charge in [-0.1, -0.05) is 29.8 Å². The highest BCUT2D eigenvalue weighted by Crippen LogP contribution is 2.35. The summed E-state index contributed by atoms with van der Waals surface area (Å²) in [7, 11) is -3.77. The van der Waals surface area contributed by atoms with E-state index >= 15 is 0 Å². The summed E-state index contributed by atoms with van der Waals surface area (Å²) < 4.78 is 33.9. The third-order valence-electron chi connectivity index (χ3n) is 6.23. The van der Waals surface area contributed by atoms with Crippen LogP contribution in [0.4, 0.5) is 10.5 Å². The molecular formula is C25H32ClN3O5S2. The Morgan fingerprint density at radius 2 is 2.00 bits per heavy atom. The second-order valence-electron chi connectivity index (χ2n) is 10.3. The standard InChI is InChI=1S/C25H32ClN3O5S2/c1-16-13-18-15-28(24(31)34-25(2,3)4)10-7-17(18)14-21(16)29-11-8-20(23(29)30)27-36(32,33)12-9-19-5-6-22(26)35-19/h6,9,12-14,19-20,27H,5,7-8,10-11,15H2,1-4H3/b12-9+/t19?,20-/m0/s1. The average Bonchev–Trinajstić information content (AvgIpc) is 3.35. The zero-order valence-corrected chi connectivity index (χ0v) is 23.3. The largest absolute Gasteiger partial charge is 0.444 e. The molecule has 1 fully saturated rings. The second-order valence-corrected chi connectivity index (χ2v) is 13.8. The minimum absolute atomic E-state index is 0.0192. The maximum atomic E-state index is 13.2. The molecule has 3 aliphatic heterocycles. The van der Waals surface area contributed by atoms with Crippen LogP contribution in [0.15, 0.2) is 34.1 Å². The lowest BCUT2D eigenvalue weighted by molar-refractivity contribution is -0.118. The van der Waals surface area contributed by atoms with E-state index in [1.165, 1.54) is 11.8 Å². The number of hydrogen-bond donors (Lipinski definition) is 1. The van der Waals surface area contributed by atoms with Gasteiger partial charge in [-0.3, -0.25) is 4.79 Å². The number of amides is 2. The molecule has 1 unspecified atom stereocenters. The number of halogens is 1. The van der Waals surface area contributed by atoms with Crippen molar-refractivity contribution in [2.24, 2.45) is 0 Å². The highest BCUT2D eigenvalue weighted by atomic mass is 35.5. The molecule has 1 aromatic rings. The normalized spacial score (nSPS) is 22.8. The van der Waals surface area contributed by atoms with E-state index in [0.29, 0.717) is 43.3 Å². The summed E-state index contributed by atoms with van der Waals surface area (Å²) in [6, 6.07) is 3.20. The van der Waals surface area contributed by atoms with Crippen molar-refractivity contribution in [1.29, 1.82) is 0 Å². The predicted molar refractivity (Wildman–Crippen MR) is 143 cm³/mol. The summed E-state index contributed by atoms with van der Waals surface area (Å²) in [5.74, 6) is -0.263. The quantitative estimate of drug-likeness (QED) is 0.580. The number of sulfonamides is 1. The van der Waals surface area contributed by atoms with Crippen LogP contribution < -0.4 is 9.62 Å². The second kappa shape index (κ2) is 10.4. The number of nitrogens with zero attached hydrogens (tertiary/aromatic N) is 2. The molecule has 11 heteroatoms. The highest BCUT2D eigenvalue weighted by molar-refractivity contribution is 8.05. The molecule has 0 spiro atoms. The summed E-state index contributed by atoms with van der Waals surface area (Å²) in [4.78, 5) is 29.0. The van der Waals surface area contributed by atoms with Crippen molar-refractivity contribution in [1.82, 2.24) is 9.62 Å². The van der Waals surface area contributed by atoms with E-state index in [9.17, 15) is 18.0 Å². The van der Waals surface area contributed by atoms with Crippen molar-refractivity contribution in [3.05, 3.63) is 50.7 Å². The Hall–Kier alpha value is -2.01. The minimum atomic E-state index is -3.77. The molecule has 3 aliphatic rings. The van der Waals surface area contributed by atoms with E-state index in [0.717, 1.165) is 27.8 Å². The van der Waals surface area contributed by atoms with Gasteiger partial charge in [-0.25, -0.2) is 13.2 Å². The van der Waals surface area contributed by atoms with E-state index in [2.05, 4.69) is 4.72 Å². The topological polar surface area (TPSA) is 96.0 Å². The van der Waals surface area contributed by atoms with Crippen LogP contribution in [0.25, 0.3) is 0 Å². The first-order valence-electron chi connectivity index (χ1n) is 12.0. The van der Waals surface area contributed by atoms with Crippen LogP contribution in [0.5, 0.6) is 0 Å². The summed E-state index contributed by atoms with van der Waals surface area (Å²) in [6.45, 7) is 8.88. The number of benzene rings is 1. The Morgan fingerprint density at radius 1 is 1.25 bits per heavy atom. The number of hydrogen-bond acceptors (Lipinski definition) is 6. The third-order valence-corrected chi connectivity index (χ3v) is 8.83. The lowest BCUT2D eigenvalue weighted by atomic mass is 9.96. The Labute approximate surface area is 222 Å². The van der Waals surface area contributed by atoms with Gasteiger partial charge in [0.2, 0.25) is 15.9 Å². The molecule has 0 radical (unpaired) electrons. The minimum Gasteiger partial charge on any atom is -0.444 e. The molecule has 0 saturated carbocycles. The molecule has 1 N–H and O–H groups in total. The first-order chi connectivity index (χ1) is 16.8. The van der Waals surface area contributed by atoms with Gasteiger partial charge in [0.1, 0.15) is 11.6 Å². The van der Waals surface area contributed by atoms with Crippen molar-refractivity contribution < 1.29 is 22.7 Å². The number of rotatable bonds is 5. The van der Waals surface area contributed by atoms with Gasteiger partial charge in [0.25, 0.3) is 0 Å². The van der Waals surface area contributed by atoms with E-state index in [4.69, 9.17) is 16.3 Å². The summed E-state index contributed by atoms with van der Waals surface area (Å²) >= 11 is 7.35. The fourth-order valence-corrected chi connectivity index (χ4v) is 6.97. The Morgan fingerprint density at radius 3 is 2.67 bits per heavy atom. The maximum absolute atomic E-state index is 13.2. The molecular weight excluding hydrogens is 522 g/mol. The van der Waals surface area contributed by atoms with Gasteiger partial charge in [0, 0.05) is 36.0 Å². The number of aryl methyl sites for hydroxylation is 1. The molecule has 2 amide bonds. The molecule has 3 heterocycles. The number of thioether (sulfide) groups is 1. The van der Waals surface area contributed by atoms with Gasteiger partial charge in [0.05, 0.1) is 4.36 Å². The molecule has 1 aromatic carbocycles. The van der Waals surface area contributed by atoms with E-state index < -0.39 is 21.7 Å². The summed E-state index contributed by atoms with van der Waals surface area (Å²) in [6.07, 6.45) is 4.85. The lowest BCUT2D eigenvalue weighted by Gasteiger charge is -2.32. The van der Waals surface area contributed by atoms with E-state index in [1.807, 2.05) is 45.9 Å². The highest BCUT2D eigenvalue weighted by Gasteiger charge is 2.36. The number of fused-ring (bicyclic) bond motifs is 1. The first kappa shape index (κ1) is 27.0. The van der Waals surface area contributed by atoms with Crippen LogP contribution in [0.1, 0.15) is 50.3 Å². The lowest BCUT2D eigenvalue weighted by Crippen LogP contribution is -2.41. The molecule has 36 heavy (non-hydrogen) atoms. The van der Waals surface area contributed by atoms with Gasteiger partial charge in [-0.15, -0.1) is 11.8 Å². The van der Waals surface area contributed by atoms with Gasteiger partial charge in [-0.2, -0.15) is 4.72 Å². The van der Waals surface area contributed by atoms with Gasteiger partial charge in [0.15, 0.2) is 0 Å². The van der Waals surface area contributed by atoms with E-state index in [1.54, 1.807) is 15.9 Å². The maximum Gasteiger partial charge on any atom is 0.410 e. The van der Waals surface area contributed by atoms with Crippen molar-refractivity contribution in [2.45, 2.75) is 70.4 Å². The number of carbonyl (C=O) groups is 2. The number of allylic oxidation sites excluding steroid dienone is 1. The number of ether oxygens (including phenoxy) is 1. The third kappa shape index (κ3) is 6.45. The fraction of sp³-hybridized carbons (Fsp3) is 0.520. The SMILES string of the molecule is Cc1cc2c(cc1N1CC[C@H](NS(=O)(=O)/C=C/C3CC=C(Cl)S3)C1=O)CCN(C(=O)OC(C)(C)C)C2. The van der Waals surface area contributed by atoms with Crippen LogP contribution >= 0.6 is 23.4 Å². The smallest absolute Gasteiger partial charge is 0.410 e. The molecule has 0 aliphatic carbocycles. The number of anilines is 1. The van der Waals surface area contributed by atoms with Gasteiger partial charge in [-0.05, 0) is 69.7 Å². The van der Waals surface area contributed by atoms with Crippen LogP contribution in [-0.4, -0.2) is 55.3 Å². The van der Waals surface area contributed by atoms with Crippen LogP contribution in [0.3, 0.4) is 0 Å². The van der Waals surface area contributed by atoms with Crippen LogP contribution in [-0.2, 0) is 32.5 Å². The zero-order chi connectivity index (χ0) is 26.3. The van der Waals surface area contributed by atoms with Crippen molar-refractivity contribution in [2.75, 3.05) is 18.0 Å². The predicted octanol–water partition coefficient (Wildman–Crippen LogP) is 4.41. The summed E-state index contributed by atoms with van der Waals surface area (Å²) in [5, 5.41) is 1.11. The van der Waals surface area contributed by atoms with Crippen molar-refractivity contribution in [3.8, 4) is 0 Å². The molecule has 8 nitrogen and oxygen atoms in total. The van der Waals surface area contributed by atoms with Crippen molar-refractivity contribution >= 4 is 51.1 Å². The zero-order valence-electron chi connectivity index (χ0n) is 20.9. The monoisotopic (exact) mass is 553 g/mol. The van der Waals surface area contributed by atoms with Gasteiger partial charge >= 0.3 is 6.09 Å². The molecule has 0 bridgehead atoms. The Balaban J connectivity index is 1.42. The Kier molecular flexibility index (Phi) is 7.81. The number of nitrogens with one attached hydrogen (secondary N) is 1. The van der Waals surface area contributed by atoms with Crippen LogP contribution in [0, 0.1) is 6.92 Å². The molecule has 4 rings (SSSR count). The molecule has 2 atom stereocenters. The Bertz CT molecular complexity index is 1220. The molecule has 196 valence electrons. The van der Waals surface area contributed by atoms with Gasteiger partial charge < -0.3 is 14.5 Å². The number of carbonyl (C=O) groups excluding carboxylic acids is 2. The molecule has 0 aromatic heterocycles. The first-order valence-corrected chi connectivity index (χ1v) is 14.8. The fourth-order valence-electron chi connectivity index (χ4n) is 4.52. The van der Waals surface area contributed by atoms with E-state index in [-0.39, 0.29) is 17.3 Å². The average molecular weight is 554 g/mol. The van der Waals surface area contributed by atoms with Crippen LogP contribution in [0.2, 0.25) is 0 Å². The van der Waals surface area contributed by atoms with Crippen molar-refractivity contribution in [3.63, 3.8) is 0 Å². The molecule has 1 saturated heterocycles. The summed E-state index contributed by atoms with van der Waals surface area (Å²) in [5.41, 5.74) is 3.24.